The second kappa shape index (κ2) is 37.9. The first-order valence-electron chi connectivity index (χ1n) is 29.3. The predicted molar refractivity (Wildman–Crippen MR) is 294 cm³/mol. The SMILES string of the molecule is CCCCCCCCC/C=C/CC/C=C/[C@@H](O)[C@H](COC1OC(CO)C(OC2OC(CO)C(OC(OC)C(C(CO)OC3OC(CO)C(C)C(O)C3O)N(C)C=O)C(OC3(C(=O)O)CC(O)C(NC=O)C(C(O)C(O)CO)O3)C2O)C(O)C1O)NC. The van der Waals surface area contributed by atoms with Crippen LogP contribution in [0.4, 0.5) is 0 Å². The average molecular weight is 1250 g/mol. The first kappa shape index (κ1) is 75.3. The number of carboxylic acids is 1. The molecule has 4 aliphatic heterocycles. The lowest BCUT2D eigenvalue weighted by atomic mass is 9.88. The van der Waals surface area contributed by atoms with Crippen molar-refractivity contribution in [3.8, 4) is 0 Å². The summed E-state index contributed by atoms with van der Waals surface area (Å²) in [6, 6.07) is -4.17. The van der Waals surface area contributed by atoms with E-state index in [1.807, 2.05) is 6.08 Å². The third-order valence-electron chi connectivity index (χ3n) is 16.1. The third kappa shape index (κ3) is 19.9. The fourth-order valence-corrected chi connectivity index (χ4v) is 10.8. The van der Waals surface area contributed by atoms with Crippen LogP contribution in [0.15, 0.2) is 24.3 Å². The normalized spacial score (nSPS) is 36.0. The number of allylic oxidation sites excluding steroid dienone is 3. The monoisotopic (exact) mass is 1250 g/mol. The topological polar surface area (TPSA) is 474 Å². The van der Waals surface area contributed by atoms with E-state index >= 15 is 0 Å². The van der Waals surface area contributed by atoms with Gasteiger partial charge in [0.2, 0.25) is 12.8 Å². The third-order valence-corrected chi connectivity index (χ3v) is 16.1. The van der Waals surface area contributed by atoms with Crippen molar-refractivity contribution in [3.05, 3.63) is 24.3 Å². The van der Waals surface area contributed by atoms with Gasteiger partial charge in [-0.05, 0) is 32.7 Å². The number of unbranched alkanes of at least 4 members (excludes halogenated alkanes) is 8. The molecule has 4 aliphatic rings. The average Bonchev–Trinajstić information content (AvgIpc) is 1.10. The van der Waals surface area contributed by atoms with Gasteiger partial charge in [-0.1, -0.05) is 76.7 Å². The first-order chi connectivity index (χ1) is 41.1. The summed E-state index contributed by atoms with van der Waals surface area (Å²) < 4.78 is 59.2. The fraction of sp³-hybridized carbons (Fsp3) is 0.873. The Morgan fingerprint density at radius 2 is 1.34 bits per heavy atom. The van der Waals surface area contributed by atoms with Gasteiger partial charge in [0, 0.05) is 26.5 Å². The van der Waals surface area contributed by atoms with Gasteiger partial charge in [-0.25, -0.2) is 4.79 Å². The minimum atomic E-state index is -3.29. The van der Waals surface area contributed by atoms with Gasteiger partial charge in [0.05, 0.1) is 76.1 Å². The molecule has 0 aliphatic carbocycles. The molecule has 0 aromatic rings. The lowest BCUT2D eigenvalue weighted by molar-refractivity contribution is -0.397. The van der Waals surface area contributed by atoms with Crippen LogP contribution in [0.2, 0.25) is 0 Å². The van der Waals surface area contributed by atoms with Gasteiger partial charge in [0.15, 0.2) is 25.2 Å². The Balaban J connectivity index is 1.64. The molecule has 31 nitrogen and oxygen atoms in total. The number of nitrogens with zero attached hydrogens (tertiary/aromatic N) is 1. The Hall–Kier alpha value is -3.11. The van der Waals surface area contributed by atoms with Crippen molar-refractivity contribution in [2.45, 2.75) is 237 Å². The second-order valence-electron chi connectivity index (χ2n) is 22.1. The lowest BCUT2D eigenvalue weighted by Gasteiger charge is -2.52. The molecule has 17 N–H and O–H groups in total. The summed E-state index contributed by atoms with van der Waals surface area (Å²) in [5.74, 6) is -6.21. The van der Waals surface area contributed by atoms with E-state index in [2.05, 4.69) is 29.7 Å². The Kier molecular flexibility index (Phi) is 33.2. The minimum Gasteiger partial charge on any atom is -0.477 e. The van der Waals surface area contributed by atoms with Gasteiger partial charge < -0.3 is 140 Å². The molecule has 0 aromatic heterocycles. The van der Waals surface area contributed by atoms with Gasteiger partial charge in [-0.2, -0.15) is 0 Å². The van der Waals surface area contributed by atoms with E-state index in [0.717, 1.165) is 38.3 Å². The molecule has 4 heterocycles. The molecular formula is C55H97N3O28. The molecule has 0 aromatic carbocycles. The van der Waals surface area contributed by atoms with Crippen LogP contribution < -0.4 is 10.6 Å². The highest BCUT2D eigenvalue weighted by atomic mass is 16.8. The van der Waals surface area contributed by atoms with E-state index in [0.29, 0.717) is 6.42 Å². The summed E-state index contributed by atoms with van der Waals surface area (Å²) >= 11 is 0. The van der Waals surface area contributed by atoms with Gasteiger partial charge in [-0.15, -0.1) is 0 Å². The maximum absolute atomic E-state index is 13.6. The highest BCUT2D eigenvalue weighted by Crippen LogP contribution is 2.40. The van der Waals surface area contributed by atoms with Crippen LogP contribution in [0.5, 0.6) is 0 Å². The summed E-state index contributed by atoms with van der Waals surface area (Å²) in [5.41, 5.74) is 0. The summed E-state index contributed by atoms with van der Waals surface area (Å²) in [4.78, 5) is 38.7. The number of methoxy groups -OCH3 is 1. The number of ether oxygens (including phenoxy) is 10. The van der Waals surface area contributed by atoms with E-state index < -0.39 is 204 Å². The van der Waals surface area contributed by atoms with Gasteiger partial charge in [0.1, 0.15) is 85.4 Å². The second-order valence-corrected chi connectivity index (χ2v) is 22.1. The van der Waals surface area contributed by atoms with Gasteiger partial charge >= 0.3 is 5.97 Å². The molecule has 0 radical (unpaired) electrons. The number of carboxylic acid groups (broad SMARTS) is 1. The minimum absolute atomic E-state index is 0.0578. The number of likely N-dealkylation sites (N-methyl/N-ethyl adjacent to an activating group) is 2. The number of hydrogen-bond acceptors (Lipinski definition) is 28. The number of aliphatic carboxylic acids is 1. The highest BCUT2D eigenvalue weighted by Gasteiger charge is 2.61. The lowest BCUT2D eigenvalue weighted by Crippen LogP contribution is -2.71. The molecule has 0 bridgehead atoms. The summed E-state index contributed by atoms with van der Waals surface area (Å²) in [5, 5.41) is 169. The number of aliphatic hydroxyl groups is 14. The fourth-order valence-electron chi connectivity index (χ4n) is 10.8. The predicted octanol–water partition coefficient (Wildman–Crippen LogP) is -5.70. The molecule has 4 fully saturated rings. The maximum atomic E-state index is 13.6. The molecule has 500 valence electrons. The van der Waals surface area contributed by atoms with Crippen molar-refractivity contribution >= 4 is 18.8 Å². The maximum Gasteiger partial charge on any atom is 0.364 e. The number of amides is 2. The molecular weight excluding hydrogens is 1150 g/mol. The Labute approximate surface area is 499 Å². The van der Waals surface area contributed by atoms with Crippen LogP contribution in [0.25, 0.3) is 0 Å². The molecule has 0 spiro atoms. The number of carbonyl (C=O) groups excluding carboxylic acids is 2. The van der Waals surface area contributed by atoms with Gasteiger partial charge in [0.25, 0.3) is 5.79 Å². The highest BCUT2D eigenvalue weighted by molar-refractivity contribution is 5.76. The molecule has 26 atom stereocenters. The van der Waals surface area contributed by atoms with Crippen LogP contribution >= 0.6 is 0 Å². The van der Waals surface area contributed by atoms with Crippen molar-refractivity contribution < 1.29 is 138 Å². The molecule has 86 heavy (non-hydrogen) atoms. The number of nitrogens with one attached hydrogen (secondary N) is 2. The van der Waals surface area contributed by atoms with Crippen LogP contribution in [0.3, 0.4) is 0 Å². The summed E-state index contributed by atoms with van der Waals surface area (Å²) in [6.45, 7) is -1.62. The largest absolute Gasteiger partial charge is 0.477 e. The number of aliphatic hydroxyl groups excluding tert-OH is 14. The van der Waals surface area contributed by atoms with E-state index in [9.17, 15) is 91.0 Å². The molecule has 24 unspecified atom stereocenters. The standard InChI is InChI=1S/C55H97N3O28/c1-6-7-8-9-10-11-12-13-14-15-16-17-18-19-31(66)30(56-3)26-78-51-44(73)42(71)46(36(24-62)81-51)83-53-45(74)49(86-55(54(75)76)20-32(67)38(57-27-64)48(85-55)41(70)33(68)21-59)47(37(25-63)82-53)84-50(77-5)39(58(4)28-65)35(23-61)80-52-43(72)40(69)29(2)34(22-60)79-52/h14-15,18-19,27-53,56,59-63,66-74H,6-13,16-17,20-26H2,1-5H3,(H,57,64)(H,75,76)/b15-14+,19-18+/t29?,30-,31+,32?,33?,34?,35?,36?,37?,38?,39?,40?,41?,42?,43?,44?,45?,46?,47?,48?,49?,50?,51?,52?,53?,55?/m0/s1. The number of carbonyl (C=O) groups is 3. The van der Waals surface area contributed by atoms with Crippen molar-refractivity contribution in [1.29, 1.82) is 0 Å². The summed E-state index contributed by atoms with van der Waals surface area (Å²) in [6.07, 6.45) is -22.2. The van der Waals surface area contributed by atoms with Gasteiger partial charge in [-0.3, -0.25) is 9.59 Å². The van der Waals surface area contributed by atoms with Crippen LogP contribution in [0.1, 0.15) is 84.5 Å². The van der Waals surface area contributed by atoms with E-state index in [1.54, 1.807) is 13.1 Å². The Morgan fingerprint density at radius 1 is 0.733 bits per heavy atom. The molecule has 4 saturated heterocycles. The van der Waals surface area contributed by atoms with Crippen molar-refractivity contribution in [3.63, 3.8) is 0 Å². The zero-order valence-corrected chi connectivity index (χ0v) is 49.4. The van der Waals surface area contributed by atoms with Crippen molar-refractivity contribution in [2.24, 2.45) is 5.92 Å². The van der Waals surface area contributed by atoms with Crippen molar-refractivity contribution in [1.82, 2.24) is 15.5 Å². The molecule has 0 saturated carbocycles. The van der Waals surface area contributed by atoms with Crippen LogP contribution in [-0.2, 0) is 61.8 Å². The quantitative estimate of drug-likeness (QED) is 0.0118. The van der Waals surface area contributed by atoms with E-state index in [4.69, 9.17) is 47.4 Å². The van der Waals surface area contributed by atoms with E-state index in [1.165, 1.54) is 45.4 Å². The van der Waals surface area contributed by atoms with Crippen LogP contribution in [-0.4, -0.2) is 314 Å². The molecule has 2 amide bonds. The summed E-state index contributed by atoms with van der Waals surface area (Å²) in [7, 11) is 3.72. The van der Waals surface area contributed by atoms with E-state index in [-0.39, 0.29) is 19.4 Å². The number of hydrogen-bond donors (Lipinski definition) is 17. The molecule has 31 heteroatoms. The van der Waals surface area contributed by atoms with Crippen molar-refractivity contribution in [2.75, 3.05) is 60.8 Å². The van der Waals surface area contributed by atoms with Crippen LogP contribution in [0, 0.1) is 5.92 Å². The Morgan fingerprint density at radius 3 is 1.93 bits per heavy atom. The Bertz CT molecular complexity index is 1990. The zero-order chi connectivity index (χ0) is 63.8. The zero-order valence-electron chi connectivity index (χ0n) is 49.4. The molecule has 4 rings (SSSR count). The number of rotatable bonds is 40. The smallest absolute Gasteiger partial charge is 0.364 e. The first-order valence-corrected chi connectivity index (χ1v) is 29.3.